The number of pyridine rings is 1. The lowest BCUT2D eigenvalue weighted by atomic mass is 10.1. The molecular weight excluding hydrogens is 364 g/mol. The Bertz CT molecular complexity index is 1260. The van der Waals surface area contributed by atoms with E-state index < -0.39 is 0 Å². The second-order valence-electron chi connectivity index (χ2n) is 6.67. The summed E-state index contributed by atoms with van der Waals surface area (Å²) in [6, 6.07) is 24.6. The zero-order chi connectivity index (χ0) is 19.6. The molecule has 0 fully saturated rings. The van der Waals surface area contributed by atoms with Gasteiger partial charge in [-0.2, -0.15) is 0 Å². The van der Waals surface area contributed by atoms with E-state index >= 15 is 0 Å². The molecule has 5 rings (SSSR count). The summed E-state index contributed by atoms with van der Waals surface area (Å²) >= 11 is 0. The second kappa shape index (κ2) is 7.20. The van der Waals surface area contributed by atoms with E-state index in [1.807, 2.05) is 42.5 Å². The summed E-state index contributed by atoms with van der Waals surface area (Å²) in [6.07, 6.45) is 0. The minimum atomic E-state index is 0.553. The van der Waals surface area contributed by atoms with Gasteiger partial charge >= 0.3 is 0 Å². The van der Waals surface area contributed by atoms with Crippen molar-refractivity contribution in [2.45, 2.75) is 6.54 Å². The van der Waals surface area contributed by atoms with Crippen LogP contribution < -0.4 is 4.74 Å². The van der Waals surface area contributed by atoms with Gasteiger partial charge in [0.1, 0.15) is 11.4 Å². The first kappa shape index (κ1) is 17.1. The number of aromatic nitrogens is 6. The van der Waals surface area contributed by atoms with Gasteiger partial charge in [0.05, 0.1) is 19.3 Å². The summed E-state index contributed by atoms with van der Waals surface area (Å²) in [5.74, 6) is 1.39. The Morgan fingerprint density at radius 3 is 2.66 bits per heavy atom. The average molecular weight is 382 g/mol. The minimum Gasteiger partial charge on any atom is -0.497 e. The van der Waals surface area contributed by atoms with Crippen LogP contribution in [0.4, 0.5) is 0 Å². The van der Waals surface area contributed by atoms with E-state index in [4.69, 9.17) is 9.72 Å². The van der Waals surface area contributed by atoms with Crippen LogP contribution in [0.2, 0.25) is 0 Å². The molecule has 7 heteroatoms. The zero-order valence-electron chi connectivity index (χ0n) is 15.8. The zero-order valence-corrected chi connectivity index (χ0v) is 15.8. The van der Waals surface area contributed by atoms with Crippen molar-refractivity contribution in [2.75, 3.05) is 7.11 Å². The van der Waals surface area contributed by atoms with Crippen LogP contribution in [0.1, 0.15) is 5.69 Å². The highest BCUT2D eigenvalue weighted by Crippen LogP contribution is 2.31. The monoisotopic (exact) mass is 382 g/mol. The third-order valence-corrected chi connectivity index (χ3v) is 4.89. The van der Waals surface area contributed by atoms with E-state index in [-0.39, 0.29) is 0 Å². The summed E-state index contributed by atoms with van der Waals surface area (Å²) in [4.78, 5) is 4.75. The van der Waals surface area contributed by atoms with Crippen LogP contribution in [0.3, 0.4) is 0 Å². The largest absolute Gasteiger partial charge is 0.497 e. The van der Waals surface area contributed by atoms with Gasteiger partial charge in [-0.1, -0.05) is 36.4 Å². The predicted molar refractivity (Wildman–Crippen MR) is 110 cm³/mol. The Labute approximate surface area is 167 Å². The van der Waals surface area contributed by atoms with Crippen molar-refractivity contribution in [1.29, 1.82) is 0 Å². The smallest absolute Gasteiger partial charge is 0.198 e. The molecule has 0 spiro atoms. The molecular formula is C22H18N6O. The lowest BCUT2D eigenvalue weighted by Crippen LogP contribution is -2.04. The van der Waals surface area contributed by atoms with Crippen LogP contribution in [0, 0.1) is 0 Å². The van der Waals surface area contributed by atoms with Gasteiger partial charge in [0.25, 0.3) is 0 Å². The van der Waals surface area contributed by atoms with Crippen molar-refractivity contribution >= 4 is 10.9 Å². The molecule has 0 radical (unpaired) electrons. The van der Waals surface area contributed by atoms with E-state index in [2.05, 4.69) is 55.5 Å². The highest BCUT2D eigenvalue weighted by atomic mass is 16.5. The van der Waals surface area contributed by atoms with Crippen LogP contribution in [0.5, 0.6) is 5.75 Å². The van der Waals surface area contributed by atoms with Gasteiger partial charge < -0.3 is 9.30 Å². The fourth-order valence-electron chi connectivity index (χ4n) is 3.52. The third kappa shape index (κ3) is 3.23. The van der Waals surface area contributed by atoms with E-state index in [0.717, 1.165) is 33.6 Å². The van der Waals surface area contributed by atoms with Crippen LogP contribution in [0.15, 0.2) is 72.8 Å². The van der Waals surface area contributed by atoms with Gasteiger partial charge in [0, 0.05) is 16.6 Å². The van der Waals surface area contributed by atoms with E-state index in [1.165, 1.54) is 0 Å². The molecule has 2 aromatic carbocycles. The maximum absolute atomic E-state index is 5.41. The summed E-state index contributed by atoms with van der Waals surface area (Å²) in [6.45, 7) is 0.620. The first-order valence-electron chi connectivity index (χ1n) is 9.24. The van der Waals surface area contributed by atoms with Gasteiger partial charge in [0.15, 0.2) is 5.82 Å². The fraction of sp³-hybridized carbons (Fsp3) is 0.0909. The first-order valence-corrected chi connectivity index (χ1v) is 9.24. The number of benzene rings is 2. The minimum absolute atomic E-state index is 0.553. The normalized spacial score (nSPS) is 11.1. The first-order chi connectivity index (χ1) is 14.3. The second-order valence-corrected chi connectivity index (χ2v) is 6.67. The highest BCUT2D eigenvalue weighted by molar-refractivity contribution is 5.88. The molecule has 0 amide bonds. The van der Waals surface area contributed by atoms with Crippen molar-refractivity contribution < 1.29 is 4.74 Å². The summed E-state index contributed by atoms with van der Waals surface area (Å²) in [5, 5.41) is 15.1. The predicted octanol–water partition coefficient (Wildman–Crippen LogP) is 3.94. The number of ether oxygens (including phenoxy) is 1. The quantitative estimate of drug-likeness (QED) is 0.498. The molecule has 5 aromatic rings. The van der Waals surface area contributed by atoms with Crippen LogP contribution >= 0.6 is 0 Å². The molecule has 0 aliphatic carbocycles. The molecule has 3 aromatic heterocycles. The van der Waals surface area contributed by atoms with Gasteiger partial charge in [-0.3, -0.25) is 0 Å². The molecule has 1 N–H and O–H groups in total. The average Bonchev–Trinajstić information content (AvgIpc) is 3.43. The molecule has 0 aliphatic rings. The Morgan fingerprint density at radius 1 is 0.966 bits per heavy atom. The van der Waals surface area contributed by atoms with E-state index in [9.17, 15) is 0 Å². The van der Waals surface area contributed by atoms with Gasteiger partial charge in [-0.05, 0) is 52.4 Å². The molecule has 0 saturated heterocycles. The maximum Gasteiger partial charge on any atom is 0.198 e. The Balaban J connectivity index is 1.63. The summed E-state index contributed by atoms with van der Waals surface area (Å²) in [7, 11) is 1.68. The topological polar surface area (TPSA) is 81.5 Å². The molecule has 0 atom stereocenters. The fourth-order valence-corrected chi connectivity index (χ4v) is 3.52. The molecule has 0 saturated carbocycles. The Hall–Kier alpha value is -4.00. The van der Waals surface area contributed by atoms with Crippen LogP contribution in [-0.2, 0) is 6.54 Å². The molecule has 0 bridgehead atoms. The van der Waals surface area contributed by atoms with Gasteiger partial charge in [-0.25, -0.2) is 10.1 Å². The number of nitrogens with zero attached hydrogens (tertiary/aromatic N) is 5. The van der Waals surface area contributed by atoms with Crippen LogP contribution in [-0.4, -0.2) is 37.3 Å². The summed E-state index contributed by atoms with van der Waals surface area (Å²) in [5.41, 5.74) is 5.04. The van der Waals surface area contributed by atoms with E-state index in [1.54, 1.807) is 7.11 Å². The number of hydrogen-bond acceptors (Lipinski definition) is 5. The SMILES string of the molecule is COc1ccc2c(c1)cc(-c1ccccc1)n2Cc1cccc(-c2nnn[nH]2)n1. The van der Waals surface area contributed by atoms with Crippen molar-refractivity contribution in [3.8, 4) is 28.5 Å². The van der Waals surface area contributed by atoms with Gasteiger partial charge in [-0.15, -0.1) is 5.10 Å². The number of nitrogens with one attached hydrogen (secondary N) is 1. The van der Waals surface area contributed by atoms with Crippen LogP contribution in [0.25, 0.3) is 33.7 Å². The van der Waals surface area contributed by atoms with E-state index in [0.29, 0.717) is 18.1 Å². The number of aromatic amines is 1. The Morgan fingerprint density at radius 2 is 1.86 bits per heavy atom. The van der Waals surface area contributed by atoms with Crippen molar-refractivity contribution in [3.63, 3.8) is 0 Å². The lowest BCUT2D eigenvalue weighted by molar-refractivity contribution is 0.415. The highest BCUT2D eigenvalue weighted by Gasteiger charge is 2.13. The number of fused-ring (bicyclic) bond motifs is 1. The molecule has 29 heavy (non-hydrogen) atoms. The number of rotatable bonds is 5. The molecule has 0 aliphatic heterocycles. The number of methoxy groups -OCH3 is 1. The Kier molecular flexibility index (Phi) is 4.25. The van der Waals surface area contributed by atoms with Crippen molar-refractivity contribution in [2.24, 2.45) is 0 Å². The molecule has 0 unspecified atom stereocenters. The standard InChI is InChI=1S/C22H18N6O/c1-29-18-10-11-20-16(12-18)13-21(15-6-3-2-4-7-15)28(20)14-17-8-5-9-19(23-17)22-24-26-27-25-22/h2-13H,14H2,1H3,(H,24,25,26,27). The number of H-pyrrole nitrogens is 1. The van der Waals surface area contributed by atoms with Gasteiger partial charge in [0.2, 0.25) is 0 Å². The molecule has 3 heterocycles. The third-order valence-electron chi connectivity index (χ3n) is 4.89. The van der Waals surface area contributed by atoms with Crippen molar-refractivity contribution in [1.82, 2.24) is 30.2 Å². The maximum atomic E-state index is 5.41. The summed E-state index contributed by atoms with van der Waals surface area (Å²) < 4.78 is 7.68. The number of tetrazole rings is 1. The molecule has 7 nitrogen and oxygen atoms in total. The molecule has 142 valence electrons. The number of hydrogen-bond donors (Lipinski definition) is 1. The van der Waals surface area contributed by atoms with Crippen molar-refractivity contribution in [3.05, 3.63) is 78.5 Å². The lowest BCUT2D eigenvalue weighted by Gasteiger charge is -2.11.